The van der Waals surface area contributed by atoms with Crippen molar-refractivity contribution in [3.05, 3.63) is 326 Å². The number of benzene rings is 13. The maximum absolute atomic E-state index is 9.72. The van der Waals surface area contributed by atoms with E-state index in [2.05, 4.69) is 0 Å². The minimum absolute atomic E-state index is 0.135. The van der Waals surface area contributed by atoms with Gasteiger partial charge in [-0.05, 0) is 177 Å². The van der Waals surface area contributed by atoms with E-state index in [-0.39, 0.29) is 5.56 Å². The van der Waals surface area contributed by atoms with Crippen LogP contribution in [0.1, 0.15) is 78.2 Å². The standard InChI is InChI=1S/C79H56/c1-55-25-27-57(28-26-55)59-33-37-62(38-34-59)68-13-5-19-74(49-68)76-21-7-15-70(51-76)64-41-45-66(46-42-64)72-17-9-23-78(53-72)79-24-10-18-73(54-79)67-47-43-65(44-48-67)71-16-8-22-77(52-71)75-20-6-14-69(50-75)63-39-35-61(36-40-63)60-31-29-58(30-32-60)56-11-3-2-4-12-56/h2-54H,1H3/i2D,3D,4D,5D,6D,7D,8D,9D,10D,11D,12D,13D,14D,15D,16D,17D,18D,19D,20D,21D,22D,23D,24D,25D,26D,27D,28D,29D,30D,31D,32D,33D,34D,35D,36D,37D,38D,39D,40D,41D,42D,43D,44D,45D,46D,47D,48D,49D,50D,51D,52D,53D,54D. The minimum Gasteiger partial charge on any atom is -0.0622 e. The SMILES string of the molecule is [2H]c1c([2H])c([2H])c(-c2c([2H])c([2H])c(-c3c([2H])c([2H])c(-c4c([2H])c([2H])c([2H])c(-c5c([2H])c([2H])c([2H])c(-c6c([2H])c([2H])c(-c7c([2H])c([2H])c([2H])c(-c8c([2H])c([2H])c([2H])c(-c9c([2H])c([2H])c(-c%10c([2H])c([2H])c([2H])c(-c%11c([2H])c([2H])c([2H])c(-c%12c([2H])c([2H])c(-c%13c([2H])c([2H])c(C)c([2H])c%13[2H])c([2H])c%12[2H])c%11[2H])c%10[2H])c([2H])c9[2H])c8[2H])c7[2H])c([2H])c6[2H])c5[2H])c4[2H])c([2H])c3[2H])c([2H])c2[2H])c([2H])c1[2H]. The smallest absolute Gasteiger partial charge is 0.0622 e. The van der Waals surface area contributed by atoms with Gasteiger partial charge in [0.2, 0.25) is 0 Å². The Morgan fingerprint density at radius 2 is 0.266 bits per heavy atom. The third-order valence-electron chi connectivity index (χ3n) is 11.1. The monoisotopic (exact) mass is 1060 g/mol. The lowest BCUT2D eigenvalue weighted by atomic mass is 9.93. The van der Waals surface area contributed by atoms with E-state index in [4.69, 9.17) is 42.5 Å². The molecule has 0 amide bonds. The Kier molecular flexibility index (Phi) is 4.89. The molecule has 0 N–H and O–H groups in total. The van der Waals surface area contributed by atoms with Crippen molar-refractivity contribution in [3.63, 3.8) is 0 Å². The quantitative estimate of drug-likeness (QED) is 0.114. The molecule has 13 aromatic carbocycles. The van der Waals surface area contributed by atoms with Crippen molar-refractivity contribution in [2.45, 2.75) is 6.92 Å². The molecule has 0 unspecified atom stereocenters. The molecule has 0 bridgehead atoms. The van der Waals surface area contributed by atoms with Crippen LogP contribution in [0.5, 0.6) is 0 Å². The first-order chi connectivity index (χ1) is 61.2. The molecular formula is C79H56. The third-order valence-corrected chi connectivity index (χ3v) is 11.1. The van der Waals surface area contributed by atoms with Gasteiger partial charge in [-0.25, -0.2) is 0 Å². The summed E-state index contributed by atoms with van der Waals surface area (Å²) in [5.41, 5.74) is -24.7. The maximum Gasteiger partial charge on any atom is 0.0636 e. The molecule has 0 heteroatoms. The summed E-state index contributed by atoms with van der Waals surface area (Å²) < 4.78 is 482. The molecule has 372 valence electrons. The molecule has 0 atom stereocenters. The van der Waals surface area contributed by atoms with Crippen molar-refractivity contribution in [2.75, 3.05) is 0 Å². The molecule has 0 aliphatic rings. The zero-order valence-electron chi connectivity index (χ0n) is 93.0. The highest BCUT2D eigenvalue weighted by Crippen LogP contribution is 2.36. The molecule has 79 heavy (non-hydrogen) atoms. The summed E-state index contributed by atoms with van der Waals surface area (Å²) in [6.07, 6.45) is 0. The highest BCUT2D eigenvalue weighted by molar-refractivity contribution is 5.83. The molecule has 0 aliphatic carbocycles. The van der Waals surface area contributed by atoms with E-state index < -0.39 is 454 Å². The van der Waals surface area contributed by atoms with Crippen LogP contribution in [0.15, 0.2) is 320 Å². The summed E-state index contributed by atoms with van der Waals surface area (Å²) in [5.74, 6) is 0. The molecule has 0 saturated heterocycles. The summed E-state index contributed by atoms with van der Waals surface area (Å²) in [6.45, 7) is 1.26. The van der Waals surface area contributed by atoms with Gasteiger partial charge in [-0.1, -0.05) is 290 Å². The topological polar surface area (TPSA) is 0 Å². The predicted octanol–water partition coefficient (Wildman–Crippen LogP) is 22.0. The average Bonchev–Trinajstić information content (AvgIpc) is 0.718. The Hall–Kier alpha value is -10.1. The summed E-state index contributed by atoms with van der Waals surface area (Å²) in [4.78, 5) is 0. The van der Waals surface area contributed by atoms with Crippen LogP contribution in [0.3, 0.4) is 0 Å². The number of rotatable bonds is 12. The van der Waals surface area contributed by atoms with Crippen LogP contribution in [-0.4, -0.2) is 0 Å². The molecule has 0 spiro atoms. The van der Waals surface area contributed by atoms with Crippen molar-refractivity contribution in [3.8, 4) is 134 Å². The molecule has 0 radical (unpaired) electrons. The van der Waals surface area contributed by atoms with Crippen LogP contribution in [0.25, 0.3) is 134 Å². The van der Waals surface area contributed by atoms with E-state index >= 15 is 0 Å². The van der Waals surface area contributed by atoms with Gasteiger partial charge in [0.25, 0.3) is 0 Å². The fourth-order valence-electron chi connectivity index (χ4n) is 7.25. The molecule has 0 aromatic heterocycles. The Bertz CT molecular complexity index is 7260. The van der Waals surface area contributed by atoms with Gasteiger partial charge < -0.3 is 0 Å². The molecular weight excluding hydrogens is 949 g/mol. The van der Waals surface area contributed by atoms with E-state index in [0.29, 0.717) is 0 Å². The molecule has 0 aliphatic heterocycles. The first-order valence-electron chi connectivity index (χ1n) is 49.5. The first kappa shape index (κ1) is 17.7. The fourth-order valence-corrected chi connectivity index (χ4v) is 7.25. The van der Waals surface area contributed by atoms with Crippen LogP contribution in [0, 0.1) is 6.92 Å². The lowest BCUT2D eigenvalue weighted by Crippen LogP contribution is -1.86. The Morgan fingerprint density at radius 3 is 0.456 bits per heavy atom. The zero-order valence-corrected chi connectivity index (χ0v) is 40.0. The van der Waals surface area contributed by atoms with E-state index in [1.165, 1.54) is 6.92 Å². The second kappa shape index (κ2) is 21.8. The maximum atomic E-state index is 9.72. The fraction of sp³-hybridized carbons (Fsp3) is 0.0127. The first-order valence-corrected chi connectivity index (χ1v) is 23.0. The van der Waals surface area contributed by atoms with Gasteiger partial charge in [0.15, 0.2) is 0 Å². The molecule has 0 nitrogen and oxygen atoms in total. The van der Waals surface area contributed by atoms with Gasteiger partial charge in [0, 0.05) is 0 Å². The predicted molar refractivity (Wildman–Crippen MR) is 336 cm³/mol. The highest BCUT2D eigenvalue weighted by Gasteiger charge is 2.11. The van der Waals surface area contributed by atoms with Gasteiger partial charge in [-0.15, -0.1) is 0 Å². The largest absolute Gasteiger partial charge is 0.0636 e. The zero-order chi connectivity index (χ0) is 99.0. The van der Waals surface area contributed by atoms with Gasteiger partial charge in [0.1, 0.15) is 0 Å². The lowest BCUT2D eigenvalue weighted by Gasteiger charge is -2.11. The van der Waals surface area contributed by atoms with Crippen molar-refractivity contribution in [1.82, 2.24) is 0 Å². The Labute approximate surface area is 539 Å². The number of hydrogen-bond donors (Lipinski definition) is 0. The summed E-state index contributed by atoms with van der Waals surface area (Å²) in [7, 11) is 0. The second-order valence-corrected chi connectivity index (χ2v) is 16.2. The van der Waals surface area contributed by atoms with Crippen LogP contribution >= 0.6 is 0 Å². The molecule has 13 aromatic rings. The van der Waals surface area contributed by atoms with E-state index in [1.807, 2.05) is 0 Å². The number of hydrogen-bond acceptors (Lipinski definition) is 0. The normalized spacial score (nSPS) is 20.5. The average molecular weight is 1060 g/mol. The van der Waals surface area contributed by atoms with Crippen LogP contribution in [0.4, 0.5) is 0 Å². The van der Waals surface area contributed by atoms with E-state index in [1.54, 1.807) is 0 Å². The molecule has 0 fully saturated rings. The van der Waals surface area contributed by atoms with Crippen LogP contribution in [-0.2, 0) is 0 Å². The second-order valence-electron chi connectivity index (χ2n) is 16.2. The van der Waals surface area contributed by atoms with Crippen molar-refractivity contribution in [1.29, 1.82) is 0 Å². The molecule has 0 saturated carbocycles. The van der Waals surface area contributed by atoms with Crippen LogP contribution < -0.4 is 0 Å². The third kappa shape index (κ3) is 10.7. The lowest BCUT2D eigenvalue weighted by molar-refractivity contribution is 1.47. The van der Waals surface area contributed by atoms with Crippen LogP contribution in [0.2, 0.25) is 0 Å². The Balaban J connectivity index is 0.945. The van der Waals surface area contributed by atoms with Gasteiger partial charge in [0.05, 0.1) is 72.7 Å². The van der Waals surface area contributed by atoms with E-state index in [9.17, 15) is 30.2 Å². The minimum atomic E-state index is -1.35. The van der Waals surface area contributed by atoms with E-state index in [0.717, 1.165) is 0 Å². The van der Waals surface area contributed by atoms with Crippen molar-refractivity contribution < 1.29 is 72.7 Å². The summed E-state index contributed by atoms with van der Waals surface area (Å²) in [6, 6.07) is -61.4. The molecule has 0 heterocycles. The summed E-state index contributed by atoms with van der Waals surface area (Å²) in [5, 5.41) is 0. The van der Waals surface area contributed by atoms with Gasteiger partial charge in [-0.2, -0.15) is 0 Å². The Morgan fingerprint density at radius 1 is 0.139 bits per heavy atom. The molecule has 13 rings (SSSR count). The van der Waals surface area contributed by atoms with Gasteiger partial charge >= 0.3 is 0 Å². The highest BCUT2D eigenvalue weighted by atomic mass is 14.2. The van der Waals surface area contributed by atoms with Crippen molar-refractivity contribution >= 4 is 0 Å². The summed E-state index contributed by atoms with van der Waals surface area (Å²) >= 11 is 0. The van der Waals surface area contributed by atoms with Gasteiger partial charge in [-0.3, -0.25) is 0 Å². The van der Waals surface area contributed by atoms with Crippen molar-refractivity contribution in [2.24, 2.45) is 0 Å².